The first-order chi connectivity index (χ1) is 9.11. The van der Waals surface area contributed by atoms with Gasteiger partial charge in [-0.3, -0.25) is 4.90 Å². The standard InChI is InChI=1S/C15H21NO3/c1-11-7-8-16(10-14(11)17)9-12-5-3-4-6-13(12)15(18)19-2/h3-6,11,14,17H,7-10H2,1-2H3/t11-,14+/m0/s1. The van der Waals surface area contributed by atoms with E-state index < -0.39 is 0 Å². The van der Waals surface area contributed by atoms with Crippen molar-refractivity contribution in [3.8, 4) is 0 Å². The summed E-state index contributed by atoms with van der Waals surface area (Å²) in [5.74, 6) is 0.0497. The van der Waals surface area contributed by atoms with Crippen molar-refractivity contribution in [2.45, 2.75) is 26.0 Å². The Bertz CT molecular complexity index is 447. The van der Waals surface area contributed by atoms with Gasteiger partial charge in [0.25, 0.3) is 0 Å². The Morgan fingerprint density at radius 3 is 2.89 bits per heavy atom. The summed E-state index contributed by atoms with van der Waals surface area (Å²) in [4.78, 5) is 13.9. The molecule has 0 spiro atoms. The summed E-state index contributed by atoms with van der Waals surface area (Å²) in [6, 6.07) is 7.48. The molecule has 0 bridgehead atoms. The number of nitrogens with zero attached hydrogens (tertiary/aromatic N) is 1. The maximum atomic E-state index is 11.7. The summed E-state index contributed by atoms with van der Waals surface area (Å²) in [6.45, 7) is 4.36. The molecule has 0 amide bonds. The van der Waals surface area contributed by atoms with Crippen molar-refractivity contribution in [1.82, 2.24) is 4.90 Å². The molecule has 1 N–H and O–H groups in total. The lowest BCUT2D eigenvalue weighted by Crippen LogP contribution is -2.42. The monoisotopic (exact) mass is 263 g/mol. The Kier molecular flexibility index (Phi) is 4.56. The summed E-state index contributed by atoms with van der Waals surface area (Å²) in [5.41, 5.74) is 1.56. The Morgan fingerprint density at radius 2 is 2.21 bits per heavy atom. The van der Waals surface area contributed by atoms with E-state index in [0.29, 0.717) is 24.6 Å². The number of hydrogen-bond donors (Lipinski definition) is 1. The zero-order chi connectivity index (χ0) is 13.8. The molecule has 104 valence electrons. The number of benzene rings is 1. The molecule has 0 saturated carbocycles. The maximum Gasteiger partial charge on any atom is 0.338 e. The van der Waals surface area contributed by atoms with Gasteiger partial charge in [-0.1, -0.05) is 25.1 Å². The lowest BCUT2D eigenvalue weighted by atomic mass is 9.95. The van der Waals surface area contributed by atoms with Gasteiger partial charge in [0, 0.05) is 13.1 Å². The summed E-state index contributed by atoms with van der Waals surface area (Å²) in [7, 11) is 1.39. The largest absolute Gasteiger partial charge is 0.465 e. The van der Waals surface area contributed by atoms with Gasteiger partial charge in [0.05, 0.1) is 18.8 Å². The van der Waals surface area contributed by atoms with Crippen LogP contribution in [0.25, 0.3) is 0 Å². The number of hydrogen-bond acceptors (Lipinski definition) is 4. The van der Waals surface area contributed by atoms with Gasteiger partial charge in [-0.15, -0.1) is 0 Å². The van der Waals surface area contributed by atoms with Crippen LogP contribution in [0, 0.1) is 5.92 Å². The number of aliphatic hydroxyl groups excluding tert-OH is 1. The van der Waals surface area contributed by atoms with Crippen LogP contribution in [0.3, 0.4) is 0 Å². The highest BCUT2D eigenvalue weighted by atomic mass is 16.5. The molecule has 0 aromatic heterocycles. The van der Waals surface area contributed by atoms with Crippen LogP contribution in [0.5, 0.6) is 0 Å². The Balaban J connectivity index is 2.09. The molecule has 0 unspecified atom stereocenters. The first kappa shape index (κ1) is 14.0. The molecule has 1 aromatic rings. The van der Waals surface area contributed by atoms with Crippen molar-refractivity contribution in [2.75, 3.05) is 20.2 Å². The minimum Gasteiger partial charge on any atom is -0.465 e. The van der Waals surface area contributed by atoms with Gasteiger partial charge in [0.2, 0.25) is 0 Å². The lowest BCUT2D eigenvalue weighted by molar-refractivity contribution is 0.0257. The Labute approximate surface area is 114 Å². The first-order valence-electron chi connectivity index (χ1n) is 6.68. The van der Waals surface area contributed by atoms with Crippen LogP contribution in [0.4, 0.5) is 0 Å². The lowest BCUT2D eigenvalue weighted by Gasteiger charge is -2.34. The van der Waals surface area contributed by atoms with Crippen molar-refractivity contribution < 1.29 is 14.6 Å². The fourth-order valence-electron chi connectivity index (χ4n) is 2.47. The molecule has 0 radical (unpaired) electrons. The van der Waals surface area contributed by atoms with Crippen LogP contribution >= 0.6 is 0 Å². The molecule has 1 saturated heterocycles. The zero-order valence-electron chi connectivity index (χ0n) is 11.5. The first-order valence-corrected chi connectivity index (χ1v) is 6.68. The number of piperidine rings is 1. The van der Waals surface area contributed by atoms with Gasteiger partial charge < -0.3 is 9.84 Å². The number of methoxy groups -OCH3 is 1. The minimum absolute atomic E-state index is 0.279. The minimum atomic E-state index is -0.304. The van der Waals surface area contributed by atoms with E-state index in [9.17, 15) is 9.90 Å². The fraction of sp³-hybridized carbons (Fsp3) is 0.533. The van der Waals surface area contributed by atoms with E-state index in [0.717, 1.165) is 18.5 Å². The number of esters is 1. The van der Waals surface area contributed by atoms with E-state index in [4.69, 9.17) is 4.74 Å². The van der Waals surface area contributed by atoms with Crippen LogP contribution in [-0.2, 0) is 11.3 Å². The van der Waals surface area contributed by atoms with E-state index in [-0.39, 0.29) is 12.1 Å². The van der Waals surface area contributed by atoms with E-state index >= 15 is 0 Å². The molecule has 1 aliphatic rings. The predicted molar refractivity (Wildman–Crippen MR) is 72.8 cm³/mol. The number of carbonyl (C=O) groups is 1. The average Bonchev–Trinajstić information content (AvgIpc) is 2.43. The number of ether oxygens (including phenoxy) is 1. The van der Waals surface area contributed by atoms with Gasteiger partial charge in [-0.2, -0.15) is 0 Å². The smallest absolute Gasteiger partial charge is 0.338 e. The highest BCUT2D eigenvalue weighted by Gasteiger charge is 2.25. The third-order valence-corrected chi connectivity index (χ3v) is 3.82. The van der Waals surface area contributed by atoms with Crippen LogP contribution in [0.15, 0.2) is 24.3 Å². The molecule has 2 atom stereocenters. The van der Waals surface area contributed by atoms with E-state index in [1.807, 2.05) is 18.2 Å². The summed E-state index contributed by atoms with van der Waals surface area (Å²) in [5, 5.41) is 9.92. The van der Waals surface area contributed by atoms with Gasteiger partial charge in [-0.25, -0.2) is 4.79 Å². The number of β-amino-alcohol motifs (C(OH)–C–C–N with tert-alkyl or cyclic N) is 1. The van der Waals surface area contributed by atoms with Crippen LogP contribution in [0.2, 0.25) is 0 Å². The molecule has 4 nitrogen and oxygen atoms in total. The third kappa shape index (κ3) is 3.33. The van der Waals surface area contributed by atoms with Gasteiger partial charge in [0.1, 0.15) is 0 Å². The van der Waals surface area contributed by atoms with Crippen molar-refractivity contribution in [3.05, 3.63) is 35.4 Å². The Hall–Kier alpha value is -1.39. The summed E-state index contributed by atoms with van der Waals surface area (Å²) >= 11 is 0. The van der Waals surface area contributed by atoms with Crippen molar-refractivity contribution in [2.24, 2.45) is 5.92 Å². The maximum absolute atomic E-state index is 11.7. The molecule has 4 heteroatoms. The molecule has 1 aromatic carbocycles. The van der Waals surface area contributed by atoms with Crippen molar-refractivity contribution in [3.63, 3.8) is 0 Å². The molecule has 1 aliphatic heterocycles. The SMILES string of the molecule is COC(=O)c1ccccc1CN1CC[C@H](C)[C@H](O)C1. The second-order valence-electron chi connectivity index (χ2n) is 5.22. The molecule has 1 heterocycles. The van der Waals surface area contributed by atoms with Crippen LogP contribution in [0.1, 0.15) is 29.3 Å². The second kappa shape index (κ2) is 6.17. The van der Waals surface area contributed by atoms with Gasteiger partial charge >= 0.3 is 5.97 Å². The average molecular weight is 263 g/mol. The molecule has 2 rings (SSSR count). The number of carbonyl (C=O) groups excluding carboxylic acids is 1. The fourth-order valence-corrected chi connectivity index (χ4v) is 2.47. The highest BCUT2D eigenvalue weighted by molar-refractivity contribution is 5.90. The highest BCUT2D eigenvalue weighted by Crippen LogP contribution is 2.20. The van der Waals surface area contributed by atoms with Gasteiger partial charge in [-0.05, 0) is 30.5 Å². The second-order valence-corrected chi connectivity index (χ2v) is 5.22. The van der Waals surface area contributed by atoms with E-state index in [1.165, 1.54) is 7.11 Å². The van der Waals surface area contributed by atoms with Crippen molar-refractivity contribution >= 4 is 5.97 Å². The van der Waals surface area contributed by atoms with Crippen molar-refractivity contribution in [1.29, 1.82) is 0 Å². The zero-order valence-corrected chi connectivity index (χ0v) is 11.5. The molecule has 1 fully saturated rings. The molecule has 19 heavy (non-hydrogen) atoms. The van der Waals surface area contributed by atoms with Crippen LogP contribution < -0.4 is 0 Å². The normalized spacial score (nSPS) is 24.2. The van der Waals surface area contributed by atoms with Gasteiger partial charge in [0.15, 0.2) is 0 Å². The quantitative estimate of drug-likeness (QED) is 0.843. The summed E-state index contributed by atoms with van der Waals surface area (Å²) < 4.78 is 4.80. The number of likely N-dealkylation sites (tertiary alicyclic amines) is 1. The summed E-state index contributed by atoms with van der Waals surface area (Å²) in [6.07, 6.45) is 0.709. The third-order valence-electron chi connectivity index (χ3n) is 3.82. The number of aliphatic hydroxyl groups is 1. The van der Waals surface area contributed by atoms with E-state index in [2.05, 4.69) is 11.8 Å². The molecular formula is C15H21NO3. The molecular weight excluding hydrogens is 242 g/mol. The topological polar surface area (TPSA) is 49.8 Å². The van der Waals surface area contributed by atoms with Crippen LogP contribution in [-0.4, -0.2) is 42.3 Å². The van der Waals surface area contributed by atoms with E-state index in [1.54, 1.807) is 6.07 Å². The predicted octanol–water partition coefficient (Wildman–Crippen LogP) is 1.68. The number of rotatable bonds is 3. The Morgan fingerprint density at radius 1 is 1.47 bits per heavy atom. The molecule has 0 aliphatic carbocycles.